The van der Waals surface area contributed by atoms with Gasteiger partial charge in [0.2, 0.25) is 5.91 Å². The van der Waals surface area contributed by atoms with Crippen LogP contribution in [0.3, 0.4) is 0 Å². The highest BCUT2D eigenvalue weighted by Crippen LogP contribution is 2.15. The maximum atomic E-state index is 12.5. The Morgan fingerprint density at radius 1 is 1.07 bits per heavy atom. The normalized spacial score (nSPS) is 15.5. The molecule has 3 heterocycles. The Bertz CT molecular complexity index is 934. The molecule has 1 aromatic carbocycles. The van der Waals surface area contributed by atoms with Crippen LogP contribution in [0.1, 0.15) is 10.4 Å². The predicted molar refractivity (Wildman–Crippen MR) is 117 cm³/mol. The molecule has 2 aromatic heterocycles. The lowest BCUT2D eigenvalue weighted by Gasteiger charge is -2.34. The zero-order chi connectivity index (χ0) is 20.1. The number of carbonyl (C=O) groups is 1. The monoisotopic (exact) mass is 429 g/mol. The van der Waals surface area contributed by atoms with Crippen molar-refractivity contribution in [2.75, 3.05) is 38.0 Å². The molecule has 0 atom stereocenters. The molecule has 8 heteroatoms. The molecule has 1 aliphatic heterocycles. The standard InChI is InChI=1S/C21H24ClN5OS/c22-18-4-1-3-17(13-18)14-25-8-10-26(11-9-25)16-21(28)24-20-6-7-23-27(20)15-19-5-2-12-29-19/h1-7,12-13H,8-11,14-16H2,(H,24,28). The fourth-order valence-corrected chi connectivity index (χ4v) is 4.40. The summed E-state index contributed by atoms with van der Waals surface area (Å²) in [5, 5.41) is 10.1. The van der Waals surface area contributed by atoms with Gasteiger partial charge in [-0.25, -0.2) is 4.68 Å². The number of thiophene rings is 1. The summed E-state index contributed by atoms with van der Waals surface area (Å²) < 4.78 is 1.83. The molecule has 1 N–H and O–H groups in total. The number of rotatable bonds is 7. The first-order chi connectivity index (χ1) is 14.2. The van der Waals surface area contributed by atoms with Crippen LogP contribution in [-0.4, -0.2) is 58.2 Å². The number of nitrogens with zero attached hydrogens (tertiary/aromatic N) is 4. The Morgan fingerprint density at radius 3 is 2.66 bits per heavy atom. The molecule has 0 unspecified atom stereocenters. The van der Waals surface area contributed by atoms with Gasteiger partial charge in [0.05, 0.1) is 19.3 Å². The number of hydrogen-bond acceptors (Lipinski definition) is 5. The van der Waals surface area contributed by atoms with Gasteiger partial charge in [0.25, 0.3) is 0 Å². The van der Waals surface area contributed by atoms with Crippen molar-refractivity contribution < 1.29 is 4.79 Å². The van der Waals surface area contributed by atoms with E-state index in [2.05, 4.69) is 32.3 Å². The summed E-state index contributed by atoms with van der Waals surface area (Å²) in [6, 6.07) is 13.9. The Balaban J connectivity index is 1.24. The second kappa shape index (κ2) is 9.54. The lowest BCUT2D eigenvalue weighted by atomic mass is 10.2. The number of hydrogen-bond donors (Lipinski definition) is 1. The molecule has 1 amide bonds. The Kier molecular flexibility index (Phi) is 6.61. The molecule has 1 saturated heterocycles. The first-order valence-corrected chi connectivity index (χ1v) is 10.9. The number of carbonyl (C=O) groups excluding carboxylic acids is 1. The summed E-state index contributed by atoms with van der Waals surface area (Å²) in [5.41, 5.74) is 1.22. The van der Waals surface area contributed by atoms with Gasteiger partial charge in [-0.1, -0.05) is 29.8 Å². The number of piperazine rings is 1. The molecule has 152 valence electrons. The lowest BCUT2D eigenvalue weighted by molar-refractivity contribution is -0.117. The second-order valence-electron chi connectivity index (χ2n) is 7.18. The van der Waals surface area contributed by atoms with Gasteiger partial charge < -0.3 is 5.32 Å². The van der Waals surface area contributed by atoms with E-state index in [0.717, 1.165) is 43.6 Å². The van der Waals surface area contributed by atoms with Crippen molar-refractivity contribution in [1.82, 2.24) is 19.6 Å². The molecule has 3 aromatic rings. The van der Waals surface area contributed by atoms with E-state index >= 15 is 0 Å². The van der Waals surface area contributed by atoms with Crippen LogP contribution in [0.4, 0.5) is 5.82 Å². The molecule has 0 bridgehead atoms. The number of benzene rings is 1. The van der Waals surface area contributed by atoms with E-state index in [0.29, 0.717) is 13.1 Å². The number of nitrogens with one attached hydrogen (secondary N) is 1. The van der Waals surface area contributed by atoms with Crippen LogP contribution in [0, 0.1) is 0 Å². The topological polar surface area (TPSA) is 53.4 Å². The molecule has 4 rings (SSSR count). The maximum absolute atomic E-state index is 12.5. The molecule has 1 aliphatic rings. The minimum absolute atomic E-state index is 0.00113. The summed E-state index contributed by atoms with van der Waals surface area (Å²) in [6.07, 6.45) is 1.72. The zero-order valence-electron chi connectivity index (χ0n) is 16.1. The summed E-state index contributed by atoms with van der Waals surface area (Å²) in [6.45, 7) is 5.59. The van der Waals surface area contributed by atoms with Gasteiger partial charge in [-0.3, -0.25) is 14.6 Å². The third kappa shape index (κ3) is 5.67. The zero-order valence-corrected chi connectivity index (χ0v) is 17.7. The van der Waals surface area contributed by atoms with Crippen LogP contribution in [0.2, 0.25) is 5.02 Å². The molecular weight excluding hydrogens is 406 g/mol. The highest BCUT2D eigenvalue weighted by molar-refractivity contribution is 7.09. The van der Waals surface area contributed by atoms with Crippen LogP contribution < -0.4 is 5.32 Å². The van der Waals surface area contributed by atoms with Crippen molar-refractivity contribution in [2.24, 2.45) is 0 Å². The summed E-state index contributed by atoms with van der Waals surface area (Å²) in [5.74, 6) is 0.740. The van der Waals surface area contributed by atoms with Crippen LogP contribution in [0.15, 0.2) is 54.0 Å². The van der Waals surface area contributed by atoms with E-state index in [1.165, 1.54) is 10.4 Å². The Labute approximate surface area is 179 Å². The summed E-state index contributed by atoms with van der Waals surface area (Å²) in [4.78, 5) is 18.3. The number of amides is 1. The van der Waals surface area contributed by atoms with Gasteiger partial charge in [-0.15, -0.1) is 11.3 Å². The van der Waals surface area contributed by atoms with E-state index in [4.69, 9.17) is 11.6 Å². The van der Waals surface area contributed by atoms with Crippen molar-refractivity contribution in [1.29, 1.82) is 0 Å². The average Bonchev–Trinajstić information content (AvgIpc) is 3.36. The minimum atomic E-state index is 0.00113. The largest absolute Gasteiger partial charge is 0.310 e. The molecular formula is C21H24ClN5OS. The van der Waals surface area contributed by atoms with Crippen LogP contribution >= 0.6 is 22.9 Å². The van der Waals surface area contributed by atoms with Crippen molar-refractivity contribution in [3.05, 3.63) is 69.5 Å². The molecule has 29 heavy (non-hydrogen) atoms. The minimum Gasteiger partial charge on any atom is -0.310 e. The molecule has 0 spiro atoms. The number of halogens is 1. The van der Waals surface area contributed by atoms with Gasteiger partial charge in [0.1, 0.15) is 5.82 Å². The molecule has 1 fully saturated rings. The average molecular weight is 430 g/mol. The van der Waals surface area contributed by atoms with E-state index in [-0.39, 0.29) is 5.91 Å². The van der Waals surface area contributed by atoms with Crippen molar-refractivity contribution in [2.45, 2.75) is 13.1 Å². The smallest absolute Gasteiger partial charge is 0.239 e. The quantitative estimate of drug-likeness (QED) is 0.625. The van der Waals surface area contributed by atoms with Gasteiger partial charge in [0.15, 0.2) is 0 Å². The number of anilines is 1. The third-order valence-corrected chi connectivity index (χ3v) is 6.09. The molecule has 0 aliphatic carbocycles. The fourth-order valence-electron chi connectivity index (χ4n) is 3.50. The third-order valence-electron chi connectivity index (χ3n) is 5.00. The van der Waals surface area contributed by atoms with E-state index in [1.807, 2.05) is 40.4 Å². The van der Waals surface area contributed by atoms with Gasteiger partial charge >= 0.3 is 0 Å². The first kappa shape index (κ1) is 20.1. The highest BCUT2D eigenvalue weighted by Gasteiger charge is 2.19. The Hall–Kier alpha value is -2.19. The predicted octanol–water partition coefficient (Wildman–Crippen LogP) is 3.40. The van der Waals surface area contributed by atoms with Gasteiger partial charge in [-0.2, -0.15) is 5.10 Å². The van der Waals surface area contributed by atoms with E-state index < -0.39 is 0 Å². The molecule has 6 nitrogen and oxygen atoms in total. The highest BCUT2D eigenvalue weighted by atomic mass is 35.5. The van der Waals surface area contributed by atoms with Crippen LogP contribution in [0.25, 0.3) is 0 Å². The number of aromatic nitrogens is 2. The summed E-state index contributed by atoms with van der Waals surface area (Å²) in [7, 11) is 0. The Morgan fingerprint density at radius 2 is 1.90 bits per heavy atom. The van der Waals surface area contributed by atoms with Crippen molar-refractivity contribution in [3.8, 4) is 0 Å². The van der Waals surface area contributed by atoms with E-state index in [1.54, 1.807) is 17.5 Å². The lowest BCUT2D eigenvalue weighted by Crippen LogP contribution is -2.48. The molecule has 0 radical (unpaired) electrons. The molecule has 0 saturated carbocycles. The van der Waals surface area contributed by atoms with Gasteiger partial charge in [-0.05, 0) is 29.1 Å². The fraction of sp³-hybridized carbons (Fsp3) is 0.333. The summed E-state index contributed by atoms with van der Waals surface area (Å²) >= 11 is 7.76. The van der Waals surface area contributed by atoms with Crippen molar-refractivity contribution >= 4 is 34.7 Å². The second-order valence-corrected chi connectivity index (χ2v) is 8.65. The van der Waals surface area contributed by atoms with Crippen LogP contribution in [0.5, 0.6) is 0 Å². The van der Waals surface area contributed by atoms with Crippen LogP contribution in [-0.2, 0) is 17.9 Å². The van der Waals surface area contributed by atoms with Crippen molar-refractivity contribution in [3.63, 3.8) is 0 Å². The van der Waals surface area contributed by atoms with Gasteiger partial charge in [0, 0.05) is 48.7 Å². The SMILES string of the molecule is O=C(CN1CCN(Cc2cccc(Cl)c2)CC1)Nc1ccnn1Cc1cccs1. The van der Waals surface area contributed by atoms with E-state index in [9.17, 15) is 4.79 Å². The maximum Gasteiger partial charge on any atom is 0.239 e. The first-order valence-electron chi connectivity index (χ1n) is 9.69.